The highest BCUT2D eigenvalue weighted by Crippen LogP contribution is 2.63. The SMILES string of the molecule is c1ccc(-c2cccc(N(c3ccc(-c4ccc5c(c4)oc4ccccc45)cc3)c3ccc4c5ccccc5n5c4c3C3(c4ccccc4-c4ccccc43)c3ccccc3-5)c2)cc1. The van der Waals surface area contributed by atoms with Crippen LogP contribution in [0, 0.1) is 0 Å². The minimum Gasteiger partial charge on any atom is -0.456 e. The first kappa shape index (κ1) is 35.2. The molecule has 64 heavy (non-hydrogen) atoms. The highest BCUT2D eigenvalue weighted by atomic mass is 16.3. The monoisotopic (exact) mass is 814 g/mol. The number of rotatable bonds is 5. The molecule has 1 aliphatic carbocycles. The Bertz CT molecular complexity index is 3810. The number of fused-ring (bicyclic) bond motifs is 15. The minimum absolute atomic E-state index is 0.625. The van der Waals surface area contributed by atoms with Crippen molar-refractivity contribution in [2.45, 2.75) is 5.41 Å². The average molecular weight is 815 g/mol. The van der Waals surface area contributed by atoms with E-state index in [1.165, 1.54) is 72.0 Å². The molecule has 0 fully saturated rings. The zero-order valence-electron chi connectivity index (χ0n) is 34.7. The molecule has 0 saturated carbocycles. The molecule has 0 atom stereocenters. The lowest BCUT2D eigenvalue weighted by atomic mass is 9.64. The van der Waals surface area contributed by atoms with Gasteiger partial charge in [-0.3, -0.25) is 0 Å². The topological polar surface area (TPSA) is 21.3 Å². The smallest absolute Gasteiger partial charge is 0.136 e. The summed E-state index contributed by atoms with van der Waals surface area (Å²) in [6, 6.07) is 84.8. The van der Waals surface area contributed by atoms with Crippen LogP contribution in [0.5, 0.6) is 0 Å². The van der Waals surface area contributed by atoms with Crippen LogP contribution >= 0.6 is 0 Å². The van der Waals surface area contributed by atoms with Crippen LogP contribution in [0.25, 0.3) is 82.8 Å². The predicted octanol–water partition coefficient (Wildman–Crippen LogP) is 16.2. The number of nitrogens with zero attached hydrogens (tertiary/aromatic N) is 2. The van der Waals surface area contributed by atoms with Crippen molar-refractivity contribution in [3.8, 4) is 39.1 Å². The maximum absolute atomic E-state index is 6.35. The highest BCUT2D eigenvalue weighted by Gasteiger charge is 2.52. The molecule has 1 aliphatic heterocycles. The molecule has 0 bridgehead atoms. The largest absolute Gasteiger partial charge is 0.456 e. The quantitative estimate of drug-likeness (QED) is 0.173. The zero-order valence-corrected chi connectivity index (χ0v) is 34.7. The first-order valence-corrected chi connectivity index (χ1v) is 22.1. The Hall–Kier alpha value is -8.40. The summed E-state index contributed by atoms with van der Waals surface area (Å²) in [6.07, 6.45) is 0. The van der Waals surface area contributed by atoms with E-state index >= 15 is 0 Å². The summed E-state index contributed by atoms with van der Waals surface area (Å²) in [5.41, 5.74) is 20.5. The van der Waals surface area contributed by atoms with E-state index in [9.17, 15) is 0 Å². The Kier molecular flexibility index (Phi) is 7.32. The fourth-order valence-corrected chi connectivity index (χ4v) is 11.4. The second kappa shape index (κ2) is 13.3. The van der Waals surface area contributed by atoms with Crippen LogP contribution in [-0.4, -0.2) is 4.57 Å². The van der Waals surface area contributed by atoms with Crippen molar-refractivity contribution in [1.82, 2.24) is 4.57 Å². The first-order valence-electron chi connectivity index (χ1n) is 22.1. The Balaban J connectivity index is 1.08. The zero-order chi connectivity index (χ0) is 41.9. The number of hydrogen-bond donors (Lipinski definition) is 0. The van der Waals surface area contributed by atoms with Gasteiger partial charge < -0.3 is 13.9 Å². The number of furan rings is 1. The molecule has 0 amide bonds. The van der Waals surface area contributed by atoms with E-state index in [4.69, 9.17) is 4.42 Å². The van der Waals surface area contributed by atoms with Gasteiger partial charge in [0.2, 0.25) is 0 Å². The number of anilines is 3. The van der Waals surface area contributed by atoms with Gasteiger partial charge in [0.25, 0.3) is 0 Å². The molecule has 298 valence electrons. The van der Waals surface area contributed by atoms with Crippen LogP contribution in [0.4, 0.5) is 17.1 Å². The van der Waals surface area contributed by atoms with Crippen LogP contribution in [0.3, 0.4) is 0 Å². The summed E-state index contributed by atoms with van der Waals surface area (Å²) in [6.45, 7) is 0. The molecule has 1 spiro atoms. The van der Waals surface area contributed by atoms with Crippen molar-refractivity contribution in [2.24, 2.45) is 0 Å². The van der Waals surface area contributed by atoms with Crippen molar-refractivity contribution in [3.63, 3.8) is 0 Å². The van der Waals surface area contributed by atoms with Crippen LogP contribution in [0.2, 0.25) is 0 Å². The molecule has 3 heteroatoms. The maximum atomic E-state index is 6.35. The molecule has 3 heterocycles. The van der Waals surface area contributed by atoms with Crippen molar-refractivity contribution >= 4 is 60.8 Å². The summed E-state index contributed by atoms with van der Waals surface area (Å²) >= 11 is 0. The van der Waals surface area contributed by atoms with E-state index in [0.29, 0.717) is 0 Å². The fraction of sp³-hybridized carbons (Fsp3) is 0.0164. The van der Waals surface area contributed by atoms with Crippen LogP contribution < -0.4 is 4.90 Å². The normalized spacial score (nSPS) is 13.1. The molecular formula is C61H38N2O. The Morgan fingerprint density at radius 3 is 1.78 bits per heavy atom. The first-order chi connectivity index (χ1) is 31.8. The van der Waals surface area contributed by atoms with E-state index in [2.05, 4.69) is 228 Å². The predicted molar refractivity (Wildman–Crippen MR) is 264 cm³/mol. The average Bonchev–Trinajstić information content (AvgIpc) is 4.01. The second-order valence-corrected chi connectivity index (χ2v) is 17.2. The van der Waals surface area contributed by atoms with E-state index < -0.39 is 5.41 Å². The van der Waals surface area contributed by atoms with Gasteiger partial charge in [-0.15, -0.1) is 0 Å². The minimum atomic E-state index is -0.625. The Labute approximate surface area is 370 Å². The molecule has 12 aromatic rings. The van der Waals surface area contributed by atoms with Crippen molar-refractivity contribution in [3.05, 3.63) is 253 Å². The van der Waals surface area contributed by atoms with Gasteiger partial charge in [0, 0.05) is 38.5 Å². The van der Waals surface area contributed by atoms with E-state index in [0.717, 1.165) is 50.1 Å². The van der Waals surface area contributed by atoms with Gasteiger partial charge >= 0.3 is 0 Å². The van der Waals surface area contributed by atoms with E-state index in [1.54, 1.807) is 0 Å². The number of hydrogen-bond acceptors (Lipinski definition) is 2. The summed E-state index contributed by atoms with van der Waals surface area (Å²) in [5.74, 6) is 0. The molecule has 0 N–H and O–H groups in total. The Morgan fingerprint density at radius 2 is 0.969 bits per heavy atom. The van der Waals surface area contributed by atoms with Gasteiger partial charge in [0.05, 0.1) is 27.8 Å². The van der Waals surface area contributed by atoms with Crippen LogP contribution in [0.1, 0.15) is 22.3 Å². The van der Waals surface area contributed by atoms with Gasteiger partial charge in [-0.1, -0.05) is 170 Å². The third-order valence-electron chi connectivity index (χ3n) is 14.0. The van der Waals surface area contributed by atoms with E-state index in [-0.39, 0.29) is 0 Å². The van der Waals surface area contributed by atoms with Crippen molar-refractivity contribution in [1.29, 1.82) is 0 Å². The lowest BCUT2D eigenvalue weighted by molar-refractivity contribution is 0.669. The molecular weight excluding hydrogens is 777 g/mol. The summed E-state index contributed by atoms with van der Waals surface area (Å²) < 4.78 is 8.89. The fourth-order valence-electron chi connectivity index (χ4n) is 11.4. The Morgan fingerprint density at radius 1 is 0.375 bits per heavy atom. The second-order valence-electron chi connectivity index (χ2n) is 17.2. The molecule has 0 unspecified atom stereocenters. The lowest BCUT2D eigenvalue weighted by Gasteiger charge is -2.42. The van der Waals surface area contributed by atoms with Crippen molar-refractivity contribution in [2.75, 3.05) is 4.90 Å². The number of benzene rings is 10. The van der Waals surface area contributed by atoms with Gasteiger partial charge in [-0.2, -0.15) is 0 Å². The molecule has 2 aliphatic rings. The number of para-hydroxylation sites is 3. The number of aromatic nitrogens is 1. The maximum Gasteiger partial charge on any atom is 0.136 e. The molecule has 10 aromatic carbocycles. The van der Waals surface area contributed by atoms with Crippen molar-refractivity contribution < 1.29 is 4.42 Å². The summed E-state index contributed by atoms with van der Waals surface area (Å²) in [4.78, 5) is 2.51. The molecule has 0 radical (unpaired) electrons. The molecule has 2 aromatic heterocycles. The van der Waals surface area contributed by atoms with Gasteiger partial charge in [0.1, 0.15) is 11.2 Å². The summed E-state index contributed by atoms with van der Waals surface area (Å²) in [5, 5.41) is 4.77. The standard InChI is InChI=1S/C61H38N2O/c1-2-15-39(16-3-1)41-17-14-18-44(37-41)62(43-32-29-40(30-33-43)42-31-34-49-48-22-7-13-28-57(48)64-58(49)38-42)56-36-35-50-47-21-6-11-26-54(47)63-55-27-12-10-25-53(55)61(59(56)60(50)63)51-23-8-4-19-45(51)46-20-5-9-24-52(46)61/h1-38H. The van der Waals surface area contributed by atoms with Gasteiger partial charge in [0.15, 0.2) is 0 Å². The molecule has 3 nitrogen and oxygen atoms in total. The lowest BCUT2D eigenvalue weighted by Crippen LogP contribution is -2.35. The third-order valence-corrected chi connectivity index (χ3v) is 14.0. The molecule has 14 rings (SSSR count). The van der Waals surface area contributed by atoms with Gasteiger partial charge in [-0.05, 0) is 111 Å². The van der Waals surface area contributed by atoms with Crippen LogP contribution in [-0.2, 0) is 5.41 Å². The van der Waals surface area contributed by atoms with Gasteiger partial charge in [-0.25, -0.2) is 0 Å². The van der Waals surface area contributed by atoms with Crippen LogP contribution in [0.15, 0.2) is 235 Å². The van der Waals surface area contributed by atoms with E-state index in [1.807, 2.05) is 12.1 Å². The highest BCUT2D eigenvalue weighted by molar-refractivity contribution is 6.15. The molecule has 0 saturated heterocycles. The summed E-state index contributed by atoms with van der Waals surface area (Å²) in [7, 11) is 0. The third kappa shape index (κ3) is 4.76.